The molecule has 0 spiro atoms. The SMILES string of the molecule is O=C(NC1(c2ccccc2)CC1)C1CC(=O)N(c2ccc3c(c2)OCCO3)C1. The Hall–Kier alpha value is -3.02. The molecular formula is C22H22N2O4. The smallest absolute Gasteiger partial charge is 0.227 e. The molecule has 1 aliphatic carbocycles. The predicted octanol–water partition coefficient (Wildman–Crippen LogP) is 2.62. The number of nitrogens with zero attached hydrogens (tertiary/aromatic N) is 1. The van der Waals surface area contributed by atoms with Gasteiger partial charge < -0.3 is 19.7 Å². The molecule has 6 heteroatoms. The fourth-order valence-electron chi connectivity index (χ4n) is 4.04. The monoisotopic (exact) mass is 378 g/mol. The lowest BCUT2D eigenvalue weighted by Gasteiger charge is -2.23. The minimum atomic E-state index is -0.345. The number of amides is 2. The zero-order valence-corrected chi connectivity index (χ0v) is 15.5. The number of carbonyl (C=O) groups is 2. The Labute approximate surface area is 163 Å². The molecule has 2 heterocycles. The van der Waals surface area contributed by atoms with Crippen LogP contribution in [-0.4, -0.2) is 31.6 Å². The maximum atomic E-state index is 12.9. The molecule has 3 aliphatic rings. The Morgan fingerprint density at radius 3 is 2.54 bits per heavy atom. The molecule has 1 unspecified atom stereocenters. The fraction of sp³-hybridized carbons (Fsp3) is 0.364. The van der Waals surface area contributed by atoms with Crippen LogP contribution in [0.5, 0.6) is 11.5 Å². The Morgan fingerprint density at radius 2 is 1.79 bits per heavy atom. The molecule has 1 atom stereocenters. The Kier molecular flexibility index (Phi) is 4.00. The zero-order chi connectivity index (χ0) is 19.1. The van der Waals surface area contributed by atoms with Gasteiger partial charge in [0.2, 0.25) is 11.8 Å². The van der Waals surface area contributed by atoms with E-state index >= 15 is 0 Å². The molecule has 28 heavy (non-hydrogen) atoms. The summed E-state index contributed by atoms with van der Waals surface area (Å²) in [5.74, 6) is 0.901. The van der Waals surface area contributed by atoms with Crippen LogP contribution in [0.15, 0.2) is 48.5 Å². The number of hydrogen-bond donors (Lipinski definition) is 1. The predicted molar refractivity (Wildman–Crippen MR) is 103 cm³/mol. The summed E-state index contributed by atoms with van der Waals surface area (Å²) < 4.78 is 11.2. The van der Waals surface area contributed by atoms with E-state index in [1.165, 1.54) is 0 Å². The van der Waals surface area contributed by atoms with Crippen molar-refractivity contribution in [2.24, 2.45) is 5.92 Å². The largest absolute Gasteiger partial charge is 0.486 e. The Balaban J connectivity index is 1.29. The van der Waals surface area contributed by atoms with Gasteiger partial charge in [-0.2, -0.15) is 0 Å². The molecule has 2 aromatic rings. The number of rotatable bonds is 4. The van der Waals surface area contributed by atoms with E-state index in [0.29, 0.717) is 31.3 Å². The maximum Gasteiger partial charge on any atom is 0.227 e. The molecular weight excluding hydrogens is 356 g/mol. The van der Waals surface area contributed by atoms with Crippen molar-refractivity contribution in [3.8, 4) is 11.5 Å². The molecule has 0 aromatic heterocycles. The molecule has 2 fully saturated rings. The van der Waals surface area contributed by atoms with Gasteiger partial charge in [0.25, 0.3) is 0 Å². The number of benzene rings is 2. The first kappa shape index (κ1) is 17.1. The summed E-state index contributed by atoms with van der Waals surface area (Å²) in [6, 6.07) is 15.5. The second-order valence-electron chi connectivity index (χ2n) is 7.67. The first-order chi connectivity index (χ1) is 13.6. The van der Waals surface area contributed by atoms with Crippen LogP contribution in [-0.2, 0) is 15.1 Å². The van der Waals surface area contributed by atoms with E-state index in [9.17, 15) is 9.59 Å². The van der Waals surface area contributed by atoms with Crippen LogP contribution in [0.25, 0.3) is 0 Å². The second kappa shape index (κ2) is 6.55. The van der Waals surface area contributed by atoms with Crippen molar-refractivity contribution >= 4 is 17.5 Å². The van der Waals surface area contributed by atoms with Crippen molar-refractivity contribution in [3.05, 3.63) is 54.1 Å². The van der Waals surface area contributed by atoms with Gasteiger partial charge in [0.05, 0.1) is 11.5 Å². The van der Waals surface area contributed by atoms with Crippen molar-refractivity contribution < 1.29 is 19.1 Å². The zero-order valence-electron chi connectivity index (χ0n) is 15.5. The van der Waals surface area contributed by atoms with E-state index in [1.54, 1.807) is 4.90 Å². The minimum Gasteiger partial charge on any atom is -0.486 e. The highest BCUT2D eigenvalue weighted by Crippen LogP contribution is 2.46. The summed E-state index contributed by atoms with van der Waals surface area (Å²) in [4.78, 5) is 27.1. The Bertz CT molecular complexity index is 923. The van der Waals surface area contributed by atoms with Crippen molar-refractivity contribution in [3.63, 3.8) is 0 Å². The fourth-order valence-corrected chi connectivity index (χ4v) is 4.04. The van der Waals surface area contributed by atoms with E-state index in [1.807, 2.05) is 36.4 Å². The highest BCUT2D eigenvalue weighted by atomic mass is 16.6. The number of ether oxygens (including phenoxy) is 2. The standard InChI is InChI=1S/C22H22N2O4/c25-20-12-15(21(26)23-22(8-9-22)16-4-2-1-3-5-16)14-24(20)17-6-7-18-19(13-17)28-11-10-27-18/h1-7,13,15H,8-12,14H2,(H,23,26). The van der Waals surface area contributed by atoms with Crippen LogP contribution in [0.2, 0.25) is 0 Å². The quantitative estimate of drug-likeness (QED) is 0.888. The molecule has 144 valence electrons. The van der Waals surface area contributed by atoms with Gasteiger partial charge in [-0.1, -0.05) is 30.3 Å². The number of carbonyl (C=O) groups excluding carboxylic acids is 2. The van der Waals surface area contributed by atoms with Crippen LogP contribution in [0.4, 0.5) is 5.69 Å². The van der Waals surface area contributed by atoms with Gasteiger partial charge in [-0.05, 0) is 30.5 Å². The third-order valence-electron chi connectivity index (χ3n) is 5.77. The molecule has 1 N–H and O–H groups in total. The van der Waals surface area contributed by atoms with Crippen LogP contribution in [0.3, 0.4) is 0 Å². The molecule has 5 rings (SSSR count). The van der Waals surface area contributed by atoms with Gasteiger partial charge in [-0.3, -0.25) is 9.59 Å². The average molecular weight is 378 g/mol. The lowest BCUT2D eigenvalue weighted by Crippen LogP contribution is -2.40. The average Bonchev–Trinajstić information content (AvgIpc) is 3.41. The third kappa shape index (κ3) is 2.99. The van der Waals surface area contributed by atoms with Crippen LogP contribution in [0.1, 0.15) is 24.8 Å². The van der Waals surface area contributed by atoms with Crippen LogP contribution >= 0.6 is 0 Å². The van der Waals surface area contributed by atoms with Gasteiger partial charge in [0.1, 0.15) is 13.2 Å². The number of fused-ring (bicyclic) bond motifs is 1. The van der Waals surface area contributed by atoms with E-state index in [4.69, 9.17) is 9.47 Å². The van der Waals surface area contributed by atoms with E-state index in [-0.39, 0.29) is 29.7 Å². The summed E-state index contributed by atoms with van der Waals surface area (Å²) in [7, 11) is 0. The summed E-state index contributed by atoms with van der Waals surface area (Å²) in [6.07, 6.45) is 2.11. The normalized spacial score (nSPS) is 22.1. The highest BCUT2D eigenvalue weighted by molar-refractivity contribution is 6.00. The van der Waals surface area contributed by atoms with Gasteiger partial charge in [0.15, 0.2) is 11.5 Å². The van der Waals surface area contributed by atoms with Crippen molar-refractivity contribution in [1.29, 1.82) is 0 Å². The summed E-state index contributed by atoms with van der Waals surface area (Å²) in [6.45, 7) is 1.41. The first-order valence-electron chi connectivity index (χ1n) is 9.72. The number of anilines is 1. The van der Waals surface area contributed by atoms with Crippen molar-refractivity contribution in [2.75, 3.05) is 24.7 Å². The minimum absolute atomic E-state index is 0.0404. The topological polar surface area (TPSA) is 67.9 Å². The van der Waals surface area contributed by atoms with Crippen LogP contribution < -0.4 is 19.7 Å². The third-order valence-corrected chi connectivity index (χ3v) is 5.77. The van der Waals surface area contributed by atoms with Gasteiger partial charge in [-0.25, -0.2) is 0 Å². The van der Waals surface area contributed by atoms with E-state index < -0.39 is 0 Å². The van der Waals surface area contributed by atoms with Crippen LogP contribution in [0, 0.1) is 5.92 Å². The first-order valence-corrected chi connectivity index (χ1v) is 9.72. The lowest BCUT2D eigenvalue weighted by molar-refractivity contribution is -0.127. The van der Waals surface area contributed by atoms with E-state index in [2.05, 4.69) is 17.4 Å². The van der Waals surface area contributed by atoms with Gasteiger partial charge in [-0.15, -0.1) is 0 Å². The number of nitrogens with one attached hydrogen (secondary N) is 1. The molecule has 2 aromatic carbocycles. The molecule has 0 radical (unpaired) electrons. The maximum absolute atomic E-state index is 12.9. The van der Waals surface area contributed by atoms with Gasteiger partial charge in [0, 0.05) is 24.7 Å². The number of hydrogen-bond acceptors (Lipinski definition) is 4. The van der Waals surface area contributed by atoms with Gasteiger partial charge >= 0.3 is 0 Å². The van der Waals surface area contributed by atoms with Crippen molar-refractivity contribution in [1.82, 2.24) is 5.32 Å². The summed E-state index contributed by atoms with van der Waals surface area (Å²) >= 11 is 0. The van der Waals surface area contributed by atoms with Crippen molar-refractivity contribution in [2.45, 2.75) is 24.8 Å². The molecule has 2 amide bonds. The lowest BCUT2D eigenvalue weighted by atomic mass is 10.0. The molecule has 1 saturated carbocycles. The van der Waals surface area contributed by atoms with E-state index in [0.717, 1.165) is 24.1 Å². The highest BCUT2D eigenvalue weighted by Gasteiger charge is 2.47. The second-order valence-corrected chi connectivity index (χ2v) is 7.67. The molecule has 1 saturated heterocycles. The summed E-state index contributed by atoms with van der Waals surface area (Å²) in [5, 5.41) is 3.21. The Morgan fingerprint density at radius 1 is 1.04 bits per heavy atom. The summed E-state index contributed by atoms with van der Waals surface area (Å²) in [5.41, 5.74) is 1.62. The molecule has 2 aliphatic heterocycles. The molecule has 6 nitrogen and oxygen atoms in total. The molecule has 0 bridgehead atoms.